The van der Waals surface area contributed by atoms with Crippen molar-refractivity contribution in [3.05, 3.63) is 6.20 Å². The molecular weight excluding hydrogens is 270 g/mol. The standard InChI is InChI=1S/C10H19N5O3S/c1-3-5-15-7-8(10(11)14-15)19(17,18)13-6-9(16)12-4-2/h7,13H,3-6H2,1-2H3,(H2,11,14)(H,12,16). The zero-order chi connectivity index (χ0) is 14.5. The fourth-order valence-electron chi connectivity index (χ4n) is 1.47. The lowest BCUT2D eigenvalue weighted by molar-refractivity contribution is -0.119. The highest BCUT2D eigenvalue weighted by atomic mass is 32.2. The number of carbonyl (C=O) groups excluding carboxylic acids is 1. The number of aromatic nitrogens is 2. The number of carbonyl (C=O) groups is 1. The first-order chi connectivity index (χ1) is 8.90. The number of anilines is 1. The molecule has 0 fully saturated rings. The van der Waals surface area contributed by atoms with Crippen molar-refractivity contribution in [3.8, 4) is 0 Å². The van der Waals surface area contributed by atoms with Crippen LogP contribution in [0, 0.1) is 0 Å². The topological polar surface area (TPSA) is 119 Å². The van der Waals surface area contributed by atoms with E-state index in [0.717, 1.165) is 6.42 Å². The number of amides is 1. The van der Waals surface area contributed by atoms with Gasteiger partial charge in [-0.1, -0.05) is 6.92 Å². The number of nitrogens with zero attached hydrogens (tertiary/aromatic N) is 2. The molecule has 1 amide bonds. The Bertz CT molecular complexity index is 537. The second kappa shape index (κ2) is 6.53. The molecule has 9 heteroatoms. The molecule has 1 heterocycles. The SMILES string of the molecule is CCCn1cc(S(=O)(=O)NCC(=O)NCC)c(N)n1. The number of hydrogen-bond acceptors (Lipinski definition) is 5. The number of rotatable bonds is 7. The average molecular weight is 289 g/mol. The number of sulfonamides is 1. The van der Waals surface area contributed by atoms with Crippen LogP contribution in [0.3, 0.4) is 0 Å². The third-order valence-electron chi connectivity index (χ3n) is 2.29. The van der Waals surface area contributed by atoms with Gasteiger partial charge in [-0.05, 0) is 13.3 Å². The molecule has 0 unspecified atom stereocenters. The van der Waals surface area contributed by atoms with Crippen LogP contribution < -0.4 is 15.8 Å². The van der Waals surface area contributed by atoms with Crippen LogP contribution >= 0.6 is 0 Å². The summed E-state index contributed by atoms with van der Waals surface area (Å²) in [7, 11) is -3.82. The zero-order valence-corrected chi connectivity index (χ0v) is 11.8. The number of aryl methyl sites for hydroxylation is 1. The molecule has 8 nitrogen and oxygen atoms in total. The molecule has 0 atom stereocenters. The Morgan fingerprint density at radius 1 is 1.47 bits per heavy atom. The highest BCUT2D eigenvalue weighted by molar-refractivity contribution is 7.89. The van der Waals surface area contributed by atoms with E-state index in [1.165, 1.54) is 10.9 Å². The molecule has 0 radical (unpaired) electrons. The van der Waals surface area contributed by atoms with E-state index in [1.54, 1.807) is 6.92 Å². The molecule has 4 N–H and O–H groups in total. The number of nitrogens with two attached hydrogens (primary N) is 1. The van der Waals surface area contributed by atoms with E-state index in [-0.39, 0.29) is 17.3 Å². The summed E-state index contributed by atoms with van der Waals surface area (Å²) in [4.78, 5) is 11.1. The molecule has 0 saturated heterocycles. The van der Waals surface area contributed by atoms with Gasteiger partial charge in [-0.3, -0.25) is 9.48 Å². The van der Waals surface area contributed by atoms with Crippen molar-refractivity contribution in [2.75, 3.05) is 18.8 Å². The van der Waals surface area contributed by atoms with Gasteiger partial charge in [0.25, 0.3) is 0 Å². The molecule has 19 heavy (non-hydrogen) atoms. The minimum atomic E-state index is -3.82. The van der Waals surface area contributed by atoms with Crippen molar-refractivity contribution in [2.24, 2.45) is 0 Å². The molecule has 1 aromatic heterocycles. The monoisotopic (exact) mass is 289 g/mol. The highest BCUT2D eigenvalue weighted by Crippen LogP contribution is 2.15. The van der Waals surface area contributed by atoms with E-state index in [9.17, 15) is 13.2 Å². The molecule has 1 rings (SSSR count). The number of nitrogens with one attached hydrogen (secondary N) is 2. The van der Waals surface area contributed by atoms with Crippen LogP contribution in [0.5, 0.6) is 0 Å². The lowest BCUT2D eigenvalue weighted by Crippen LogP contribution is -2.36. The largest absolute Gasteiger partial charge is 0.381 e. The van der Waals surface area contributed by atoms with E-state index in [2.05, 4.69) is 15.1 Å². The Morgan fingerprint density at radius 3 is 2.74 bits per heavy atom. The molecule has 108 valence electrons. The smallest absolute Gasteiger partial charge is 0.246 e. The first-order valence-corrected chi connectivity index (χ1v) is 7.48. The van der Waals surface area contributed by atoms with Crippen molar-refractivity contribution >= 4 is 21.7 Å². The Balaban J connectivity index is 2.79. The molecule has 1 aromatic rings. The maximum absolute atomic E-state index is 12.0. The van der Waals surface area contributed by atoms with Gasteiger partial charge in [0.05, 0.1) is 6.54 Å². The summed E-state index contributed by atoms with van der Waals surface area (Å²) in [6.07, 6.45) is 2.17. The fraction of sp³-hybridized carbons (Fsp3) is 0.600. The van der Waals surface area contributed by atoms with Crippen molar-refractivity contribution in [1.29, 1.82) is 0 Å². The molecular formula is C10H19N5O3S. The third kappa shape index (κ3) is 4.21. The first-order valence-electron chi connectivity index (χ1n) is 6.00. The van der Waals surface area contributed by atoms with E-state index in [0.29, 0.717) is 13.1 Å². The lowest BCUT2D eigenvalue weighted by Gasteiger charge is -2.05. The second-order valence-electron chi connectivity index (χ2n) is 3.92. The minimum absolute atomic E-state index is 0.0724. The van der Waals surface area contributed by atoms with Crippen LogP contribution in [0.25, 0.3) is 0 Å². The van der Waals surface area contributed by atoms with Crippen molar-refractivity contribution in [3.63, 3.8) is 0 Å². The van der Waals surface area contributed by atoms with Crippen molar-refractivity contribution in [1.82, 2.24) is 19.8 Å². The predicted octanol–water partition coefficient (Wildman–Crippen LogP) is -0.710. The quantitative estimate of drug-likeness (QED) is 0.612. The van der Waals surface area contributed by atoms with Crippen LogP contribution in [-0.4, -0.2) is 37.2 Å². The Hall–Kier alpha value is -1.61. The van der Waals surface area contributed by atoms with E-state index >= 15 is 0 Å². The normalized spacial score (nSPS) is 11.5. The van der Waals surface area contributed by atoms with E-state index in [4.69, 9.17) is 5.73 Å². The Morgan fingerprint density at radius 2 is 2.16 bits per heavy atom. The molecule has 0 spiro atoms. The summed E-state index contributed by atoms with van der Waals surface area (Å²) in [6, 6.07) is 0. The van der Waals surface area contributed by atoms with E-state index < -0.39 is 15.9 Å². The Labute approximate surface area is 112 Å². The van der Waals surface area contributed by atoms with Gasteiger partial charge < -0.3 is 11.1 Å². The van der Waals surface area contributed by atoms with Crippen LogP contribution in [-0.2, 0) is 21.4 Å². The number of hydrogen-bond donors (Lipinski definition) is 3. The van der Waals surface area contributed by atoms with Gasteiger partial charge in [-0.15, -0.1) is 0 Å². The molecule has 0 aliphatic rings. The van der Waals surface area contributed by atoms with Crippen LogP contribution in [0.4, 0.5) is 5.82 Å². The number of likely N-dealkylation sites (N-methyl/N-ethyl adjacent to an activating group) is 1. The maximum Gasteiger partial charge on any atom is 0.246 e. The van der Waals surface area contributed by atoms with Gasteiger partial charge in [0.2, 0.25) is 15.9 Å². The first kappa shape index (κ1) is 15.4. The molecule has 0 aliphatic carbocycles. The van der Waals surface area contributed by atoms with E-state index in [1.807, 2.05) is 6.92 Å². The Kier molecular flexibility index (Phi) is 5.31. The zero-order valence-electron chi connectivity index (χ0n) is 11.0. The van der Waals surface area contributed by atoms with Crippen LogP contribution in [0.1, 0.15) is 20.3 Å². The van der Waals surface area contributed by atoms with Gasteiger partial charge in [-0.25, -0.2) is 13.1 Å². The van der Waals surface area contributed by atoms with Gasteiger partial charge in [0.15, 0.2) is 5.82 Å². The lowest BCUT2D eigenvalue weighted by atomic mass is 10.5. The summed E-state index contributed by atoms with van der Waals surface area (Å²) < 4.78 is 27.6. The van der Waals surface area contributed by atoms with Crippen LogP contribution in [0.15, 0.2) is 11.1 Å². The summed E-state index contributed by atoms with van der Waals surface area (Å²) in [6.45, 7) is 4.39. The minimum Gasteiger partial charge on any atom is -0.381 e. The summed E-state index contributed by atoms with van der Waals surface area (Å²) in [5.41, 5.74) is 5.57. The van der Waals surface area contributed by atoms with Crippen molar-refractivity contribution < 1.29 is 13.2 Å². The van der Waals surface area contributed by atoms with Crippen LogP contribution in [0.2, 0.25) is 0 Å². The fourth-order valence-corrected chi connectivity index (χ4v) is 2.52. The van der Waals surface area contributed by atoms with Gasteiger partial charge in [0, 0.05) is 19.3 Å². The predicted molar refractivity (Wildman–Crippen MR) is 70.8 cm³/mol. The molecule has 0 aliphatic heterocycles. The maximum atomic E-state index is 12.0. The van der Waals surface area contributed by atoms with Gasteiger partial charge in [0.1, 0.15) is 4.90 Å². The number of nitrogen functional groups attached to an aromatic ring is 1. The van der Waals surface area contributed by atoms with Gasteiger partial charge >= 0.3 is 0 Å². The third-order valence-corrected chi connectivity index (χ3v) is 3.71. The van der Waals surface area contributed by atoms with Crippen molar-refractivity contribution in [2.45, 2.75) is 31.7 Å². The summed E-state index contributed by atoms with van der Waals surface area (Å²) in [5.74, 6) is -0.470. The van der Waals surface area contributed by atoms with Gasteiger partial charge in [-0.2, -0.15) is 5.10 Å². The molecule has 0 saturated carbocycles. The highest BCUT2D eigenvalue weighted by Gasteiger charge is 2.21. The molecule has 0 aromatic carbocycles. The summed E-state index contributed by atoms with van der Waals surface area (Å²) in [5, 5.41) is 6.40. The molecule has 0 bridgehead atoms. The summed E-state index contributed by atoms with van der Waals surface area (Å²) >= 11 is 0. The second-order valence-corrected chi connectivity index (χ2v) is 5.66. The average Bonchev–Trinajstić information content (AvgIpc) is 2.70.